The van der Waals surface area contributed by atoms with E-state index in [0.29, 0.717) is 11.8 Å². The van der Waals surface area contributed by atoms with Gasteiger partial charge in [-0.2, -0.15) is 4.98 Å². The van der Waals surface area contributed by atoms with Crippen LogP contribution < -0.4 is 10.1 Å². The number of para-hydroxylation sites is 1. The first-order chi connectivity index (χ1) is 9.85. The summed E-state index contributed by atoms with van der Waals surface area (Å²) in [4.78, 5) is 4.31. The summed E-state index contributed by atoms with van der Waals surface area (Å²) in [5, 5.41) is 7.00. The predicted octanol–water partition coefficient (Wildman–Crippen LogP) is 3.49. The fraction of sp³-hybridized carbons (Fsp3) is 0.0667. The third-order valence-corrected chi connectivity index (χ3v) is 2.78. The SMILES string of the molecule is COc1cccc(-c2noc(Nc3ccccc3)n2)c1. The molecule has 0 aliphatic rings. The summed E-state index contributed by atoms with van der Waals surface area (Å²) in [6, 6.07) is 17.5. The normalized spacial score (nSPS) is 10.2. The Morgan fingerprint density at radius 3 is 2.70 bits per heavy atom. The lowest BCUT2D eigenvalue weighted by Crippen LogP contribution is -1.89. The molecule has 0 atom stereocenters. The molecular formula is C15H13N3O2. The van der Waals surface area contributed by atoms with Crippen LogP contribution in [0.5, 0.6) is 5.75 Å². The topological polar surface area (TPSA) is 60.2 Å². The van der Waals surface area contributed by atoms with E-state index < -0.39 is 0 Å². The van der Waals surface area contributed by atoms with Crippen molar-refractivity contribution in [3.63, 3.8) is 0 Å². The number of aromatic nitrogens is 2. The van der Waals surface area contributed by atoms with Crippen LogP contribution in [0.2, 0.25) is 0 Å². The maximum atomic E-state index is 5.18. The van der Waals surface area contributed by atoms with Gasteiger partial charge in [-0.15, -0.1) is 0 Å². The molecule has 0 spiro atoms. The van der Waals surface area contributed by atoms with E-state index in [0.717, 1.165) is 17.0 Å². The number of benzene rings is 2. The van der Waals surface area contributed by atoms with Gasteiger partial charge < -0.3 is 14.6 Å². The Kier molecular flexibility index (Phi) is 3.33. The zero-order valence-corrected chi connectivity index (χ0v) is 10.9. The molecule has 0 saturated carbocycles. The second-order valence-corrected chi connectivity index (χ2v) is 4.15. The van der Waals surface area contributed by atoms with Crippen LogP contribution in [0.3, 0.4) is 0 Å². The Labute approximate surface area is 116 Å². The van der Waals surface area contributed by atoms with Crippen LogP contribution >= 0.6 is 0 Å². The van der Waals surface area contributed by atoms with E-state index in [1.165, 1.54) is 0 Å². The van der Waals surface area contributed by atoms with Gasteiger partial charge in [0.1, 0.15) is 5.75 Å². The number of nitrogens with zero attached hydrogens (tertiary/aromatic N) is 2. The van der Waals surface area contributed by atoms with Crippen LogP contribution in [0.25, 0.3) is 11.4 Å². The molecule has 0 unspecified atom stereocenters. The van der Waals surface area contributed by atoms with Crippen molar-refractivity contribution in [1.29, 1.82) is 0 Å². The number of anilines is 2. The van der Waals surface area contributed by atoms with Crippen LogP contribution in [-0.2, 0) is 0 Å². The first kappa shape index (κ1) is 12.2. The molecule has 2 aromatic carbocycles. The van der Waals surface area contributed by atoms with Gasteiger partial charge in [-0.1, -0.05) is 35.5 Å². The Bertz CT molecular complexity index is 695. The van der Waals surface area contributed by atoms with Gasteiger partial charge in [0.15, 0.2) is 0 Å². The van der Waals surface area contributed by atoms with Crippen molar-refractivity contribution in [1.82, 2.24) is 10.1 Å². The number of nitrogens with one attached hydrogen (secondary N) is 1. The van der Waals surface area contributed by atoms with E-state index in [4.69, 9.17) is 9.26 Å². The second-order valence-electron chi connectivity index (χ2n) is 4.15. The van der Waals surface area contributed by atoms with Crippen molar-refractivity contribution in [2.45, 2.75) is 0 Å². The Morgan fingerprint density at radius 1 is 1.05 bits per heavy atom. The molecule has 100 valence electrons. The molecule has 3 rings (SSSR count). The first-order valence-corrected chi connectivity index (χ1v) is 6.15. The molecule has 0 radical (unpaired) electrons. The Morgan fingerprint density at radius 2 is 1.90 bits per heavy atom. The zero-order chi connectivity index (χ0) is 13.8. The minimum atomic E-state index is 0.356. The smallest absolute Gasteiger partial charge is 0.326 e. The molecule has 0 aliphatic heterocycles. The molecule has 1 N–H and O–H groups in total. The first-order valence-electron chi connectivity index (χ1n) is 6.15. The highest BCUT2D eigenvalue weighted by molar-refractivity contribution is 5.59. The zero-order valence-electron chi connectivity index (χ0n) is 10.9. The molecule has 20 heavy (non-hydrogen) atoms. The number of hydrogen-bond acceptors (Lipinski definition) is 5. The minimum Gasteiger partial charge on any atom is -0.497 e. The Hall–Kier alpha value is -2.82. The van der Waals surface area contributed by atoms with Crippen LogP contribution in [-0.4, -0.2) is 17.3 Å². The molecular weight excluding hydrogens is 254 g/mol. The number of rotatable bonds is 4. The number of methoxy groups -OCH3 is 1. The quantitative estimate of drug-likeness (QED) is 0.784. The van der Waals surface area contributed by atoms with Gasteiger partial charge in [-0.05, 0) is 24.3 Å². The van der Waals surface area contributed by atoms with Crippen molar-refractivity contribution in [2.24, 2.45) is 0 Å². The van der Waals surface area contributed by atoms with Crippen LogP contribution in [0.15, 0.2) is 59.1 Å². The van der Waals surface area contributed by atoms with Gasteiger partial charge in [0, 0.05) is 11.3 Å². The molecule has 1 aromatic heterocycles. The Balaban J connectivity index is 1.83. The standard InChI is InChI=1S/C15H13N3O2/c1-19-13-9-5-6-11(10-13)14-17-15(20-18-14)16-12-7-3-2-4-8-12/h2-10H,1H3,(H,16,17,18). The number of ether oxygens (including phenoxy) is 1. The highest BCUT2D eigenvalue weighted by Gasteiger charge is 2.09. The molecule has 0 saturated heterocycles. The fourth-order valence-electron chi connectivity index (χ4n) is 1.80. The molecule has 0 aliphatic carbocycles. The highest BCUT2D eigenvalue weighted by Crippen LogP contribution is 2.23. The lowest BCUT2D eigenvalue weighted by molar-refractivity contribution is 0.414. The van der Waals surface area contributed by atoms with E-state index in [1.807, 2.05) is 54.6 Å². The second kappa shape index (κ2) is 5.44. The molecule has 5 heteroatoms. The van der Waals surface area contributed by atoms with Gasteiger partial charge in [0.25, 0.3) is 0 Å². The highest BCUT2D eigenvalue weighted by atomic mass is 16.5. The van der Waals surface area contributed by atoms with Crippen molar-refractivity contribution in [3.05, 3.63) is 54.6 Å². The van der Waals surface area contributed by atoms with Crippen LogP contribution in [0, 0.1) is 0 Å². The van der Waals surface area contributed by atoms with E-state index in [2.05, 4.69) is 15.5 Å². The van der Waals surface area contributed by atoms with Crippen molar-refractivity contribution < 1.29 is 9.26 Å². The lowest BCUT2D eigenvalue weighted by Gasteiger charge is -2.00. The van der Waals surface area contributed by atoms with Crippen molar-refractivity contribution in [3.8, 4) is 17.1 Å². The lowest BCUT2D eigenvalue weighted by atomic mass is 10.2. The van der Waals surface area contributed by atoms with Gasteiger partial charge in [0.2, 0.25) is 5.82 Å². The van der Waals surface area contributed by atoms with E-state index in [-0.39, 0.29) is 0 Å². The molecule has 0 fully saturated rings. The van der Waals surface area contributed by atoms with Gasteiger partial charge in [0.05, 0.1) is 7.11 Å². The van der Waals surface area contributed by atoms with E-state index >= 15 is 0 Å². The summed E-state index contributed by atoms with van der Waals surface area (Å²) >= 11 is 0. The van der Waals surface area contributed by atoms with Crippen LogP contribution in [0.4, 0.5) is 11.7 Å². The van der Waals surface area contributed by atoms with E-state index in [1.54, 1.807) is 7.11 Å². The van der Waals surface area contributed by atoms with Gasteiger partial charge in [-0.25, -0.2) is 0 Å². The largest absolute Gasteiger partial charge is 0.497 e. The molecule has 0 bridgehead atoms. The molecule has 5 nitrogen and oxygen atoms in total. The average Bonchev–Trinajstić information content (AvgIpc) is 2.97. The summed E-state index contributed by atoms with van der Waals surface area (Å²) in [7, 11) is 1.62. The monoisotopic (exact) mass is 267 g/mol. The average molecular weight is 267 g/mol. The summed E-state index contributed by atoms with van der Waals surface area (Å²) in [5.74, 6) is 1.27. The van der Waals surface area contributed by atoms with Gasteiger partial charge in [-0.3, -0.25) is 0 Å². The van der Waals surface area contributed by atoms with E-state index in [9.17, 15) is 0 Å². The summed E-state index contributed by atoms with van der Waals surface area (Å²) < 4.78 is 10.4. The maximum Gasteiger partial charge on any atom is 0.326 e. The minimum absolute atomic E-state index is 0.356. The van der Waals surface area contributed by atoms with Gasteiger partial charge >= 0.3 is 6.01 Å². The maximum absolute atomic E-state index is 5.18. The molecule has 1 heterocycles. The third kappa shape index (κ3) is 2.61. The summed E-state index contributed by atoms with van der Waals surface area (Å²) in [6.07, 6.45) is 0. The van der Waals surface area contributed by atoms with Crippen LogP contribution in [0.1, 0.15) is 0 Å². The number of hydrogen-bond donors (Lipinski definition) is 1. The third-order valence-electron chi connectivity index (χ3n) is 2.78. The predicted molar refractivity (Wildman–Crippen MR) is 76.0 cm³/mol. The summed E-state index contributed by atoms with van der Waals surface area (Å²) in [6.45, 7) is 0. The summed E-state index contributed by atoms with van der Waals surface area (Å²) in [5.41, 5.74) is 1.74. The molecule has 0 amide bonds. The fourth-order valence-corrected chi connectivity index (χ4v) is 1.80. The molecule has 3 aromatic rings. The van der Waals surface area contributed by atoms with Crippen molar-refractivity contribution in [2.75, 3.05) is 12.4 Å². The van der Waals surface area contributed by atoms with Crippen molar-refractivity contribution >= 4 is 11.7 Å².